The van der Waals surface area contributed by atoms with Gasteiger partial charge in [0.2, 0.25) is 0 Å². The molecule has 17 heavy (non-hydrogen) atoms. The number of hydrogen-bond donors (Lipinski definition) is 1. The first-order valence-electron chi connectivity index (χ1n) is 5.45. The number of likely N-dealkylation sites (N-methyl/N-ethyl adjacent to an activating group) is 1. The Morgan fingerprint density at radius 3 is 2.76 bits per heavy atom. The van der Waals surface area contributed by atoms with Crippen LogP contribution >= 0.6 is 11.8 Å². The summed E-state index contributed by atoms with van der Waals surface area (Å²) in [6, 6.07) is 6.60. The molecule has 0 radical (unpaired) electrons. The summed E-state index contributed by atoms with van der Waals surface area (Å²) in [6.45, 7) is 3.27. The highest BCUT2D eigenvalue weighted by atomic mass is 32.2. The fourth-order valence-electron chi connectivity index (χ4n) is 1.39. The number of hydrogen-bond acceptors (Lipinski definition) is 3. The normalized spacial score (nSPS) is 10.8. The molecule has 0 aliphatic rings. The van der Waals surface area contributed by atoms with Crippen molar-refractivity contribution in [1.29, 1.82) is 0 Å². The highest BCUT2D eigenvalue weighted by Crippen LogP contribution is 2.20. The molecule has 0 saturated heterocycles. The molecule has 0 spiro atoms. The molecule has 0 aromatic heterocycles. The Balaban J connectivity index is 2.36. The number of carboxylic acid groups (broad SMARTS) is 1. The zero-order chi connectivity index (χ0) is 12.7. The Bertz CT molecular complexity index is 373. The number of aliphatic carboxylic acids is 1. The van der Waals surface area contributed by atoms with E-state index in [0.29, 0.717) is 23.7 Å². The first-order chi connectivity index (χ1) is 8.13. The van der Waals surface area contributed by atoms with E-state index in [9.17, 15) is 9.18 Å². The first-order valence-corrected chi connectivity index (χ1v) is 6.43. The summed E-state index contributed by atoms with van der Waals surface area (Å²) in [4.78, 5) is 13.0. The molecule has 0 atom stereocenters. The third-order valence-electron chi connectivity index (χ3n) is 2.31. The van der Waals surface area contributed by atoms with Gasteiger partial charge in [0, 0.05) is 17.2 Å². The molecular weight excluding hydrogens is 241 g/mol. The maximum Gasteiger partial charge on any atom is 0.317 e. The second kappa shape index (κ2) is 7.29. The van der Waals surface area contributed by atoms with Crippen molar-refractivity contribution in [2.45, 2.75) is 11.8 Å². The van der Waals surface area contributed by atoms with Crippen molar-refractivity contribution in [2.24, 2.45) is 0 Å². The fraction of sp³-hybridized carbons (Fsp3) is 0.417. The van der Waals surface area contributed by atoms with E-state index in [1.807, 2.05) is 11.8 Å². The Hall–Kier alpha value is -1.07. The second-order valence-electron chi connectivity index (χ2n) is 3.54. The molecule has 1 aromatic rings. The molecule has 1 rings (SSSR count). The van der Waals surface area contributed by atoms with Crippen LogP contribution in [0.2, 0.25) is 0 Å². The quantitative estimate of drug-likeness (QED) is 0.761. The molecule has 0 aliphatic heterocycles. The Kier molecular flexibility index (Phi) is 6.00. The minimum absolute atomic E-state index is 0.0360. The Morgan fingerprint density at radius 2 is 2.18 bits per heavy atom. The molecule has 0 unspecified atom stereocenters. The van der Waals surface area contributed by atoms with E-state index in [4.69, 9.17) is 5.11 Å². The lowest BCUT2D eigenvalue weighted by Gasteiger charge is -2.17. The maximum atomic E-state index is 13.3. The maximum absolute atomic E-state index is 13.3. The third-order valence-corrected chi connectivity index (χ3v) is 3.34. The van der Waals surface area contributed by atoms with Crippen molar-refractivity contribution >= 4 is 17.7 Å². The van der Waals surface area contributed by atoms with Crippen molar-refractivity contribution in [2.75, 3.05) is 25.4 Å². The zero-order valence-corrected chi connectivity index (χ0v) is 10.5. The van der Waals surface area contributed by atoms with E-state index in [-0.39, 0.29) is 12.4 Å². The van der Waals surface area contributed by atoms with Gasteiger partial charge in [0.15, 0.2) is 0 Å². The van der Waals surface area contributed by atoms with Crippen LogP contribution in [0.5, 0.6) is 0 Å². The van der Waals surface area contributed by atoms with Gasteiger partial charge in [0.1, 0.15) is 5.82 Å². The van der Waals surface area contributed by atoms with Gasteiger partial charge in [0.25, 0.3) is 0 Å². The van der Waals surface area contributed by atoms with Crippen LogP contribution in [0.1, 0.15) is 6.92 Å². The fourth-order valence-corrected chi connectivity index (χ4v) is 2.34. The number of thioether (sulfide) groups is 1. The van der Waals surface area contributed by atoms with Crippen LogP contribution in [0, 0.1) is 5.82 Å². The van der Waals surface area contributed by atoms with Crippen LogP contribution in [0.3, 0.4) is 0 Å². The molecule has 94 valence electrons. The molecule has 0 saturated carbocycles. The summed E-state index contributed by atoms with van der Waals surface area (Å²) in [7, 11) is 0. The Morgan fingerprint density at radius 1 is 1.47 bits per heavy atom. The number of halogens is 1. The smallest absolute Gasteiger partial charge is 0.317 e. The second-order valence-corrected chi connectivity index (χ2v) is 4.68. The van der Waals surface area contributed by atoms with E-state index in [0.717, 1.165) is 0 Å². The molecule has 0 bridgehead atoms. The van der Waals surface area contributed by atoms with Gasteiger partial charge in [0.05, 0.1) is 6.54 Å². The lowest BCUT2D eigenvalue weighted by Crippen LogP contribution is -2.31. The molecular formula is C12H16FNO2S. The number of carboxylic acids is 1. The van der Waals surface area contributed by atoms with Gasteiger partial charge in [-0.25, -0.2) is 4.39 Å². The summed E-state index contributed by atoms with van der Waals surface area (Å²) in [5, 5.41) is 8.67. The van der Waals surface area contributed by atoms with Gasteiger partial charge >= 0.3 is 5.97 Å². The minimum Gasteiger partial charge on any atom is -0.480 e. The average molecular weight is 257 g/mol. The van der Waals surface area contributed by atoms with Crippen LogP contribution in [-0.2, 0) is 4.79 Å². The van der Waals surface area contributed by atoms with Gasteiger partial charge < -0.3 is 5.11 Å². The lowest BCUT2D eigenvalue weighted by molar-refractivity contribution is -0.138. The molecule has 5 heteroatoms. The van der Waals surface area contributed by atoms with Crippen LogP contribution in [0.4, 0.5) is 4.39 Å². The van der Waals surface area contributed by atoms with Gasteiger partial charge in [-0.05, 0) is 18.7 Å². The molecule has 1 aromatic carbocycles. The summed E-state index contributed by atoms with van der Waals surface area (Å²) < 4.78 is 13.3. The number of carbonyl (C=O) groups is 1. The molecule has 0 amide bonds. The standard InChI is InChI=1S/C12H16FNO2S/c1-2-14(9-12(15)16)7-8-17-11-6-4-3-5-10(11)13/h3-6H,2,7-9H2,1H3,(H,15,16). The third kappa shape index (κ3) is 5.19. The molecule has 1 N–H and O–H groups in total. The Labute approximate surface area is 105 Å². The summed E-state index contributed by atoms with van der Waals surface area (Å²) >= 11 is 1.41. The van der Waals surface area contributed by atoms with Gasteiger partial charge in [-0.3, -0.25) is 9.69 Å². The molecule has 0 aliphatic carbocycles. The minimum atomic E-state index is -0.831. The van der Waals surface area contributed by atoms with E-state index in [1.165, 1.54) is 17.8 Å². The average Bonchev–Trinajstić information content (AvgIpc) is 2.29. The number of nitrogens with zero attached hydrogens (tertiary/aromatic N) is 1. The van der Waals surface area contributed by atoms with Crippen molar-refractivity contribution in [3.8, 4) is 0 Å². The predicted octanol–water partition coefficient (Wildman–Crippen LogP) is 2.32. The molecule has 3 nitrogen and oxygen atoms in total. The predicted molar refractivity (Wildman–Crippen MR) is 66.9 cm³/mol. The monoisotopic (exact) mass is 257 g/mol. The first kappa shape index (κ1) is 14.0. The van der Waals surface area contributed by atoms with Crippen LogP contribution in [0.25, 0.3) is 0 Å². The lowest BCUT2D eigenvalue weighted by atomic mass is 10.3. The van der Waals surface area contributed by atoms with E-state index >= 15 is 0 Å². The largest absolute Gasteiger partial charge is 0.480 e. The van der Waals surface area contributed by atoms with Gasteiger partial charge in [-0.15, -0.1) is 11.8 Å². The molecule has 0 heterocycles. The van der Waals surface area contributed by atoms with E-state index < -0.39 is 5.97 Å². The van der Waals surface area contributed by atoms with Crippen LogP contribution in [-0.4, -0.2) is 41.4 Å². The van der Waals surface area contributed by atoms with Gasteiger partial charge in [-0.1, -0.05) is 19.1 Å². The molecule has 0 fully saturated rings. The topological polar surface area (TPSA) is 40.5 Å². The highest BCUT2D eigenvalue weighted by molar-refractivity contribution is 7.99. The van der Waals surface area contributed by atoms with Crippen LogP contribution < -0.4 is 0 Å². The summed E-state index contributed by atoms with van der Waals surface area (Å²) in [5.41, 5.74) is 0. The van der Waals surface area contributed by atoms with Crippen molar-refractivity contribution in [3.63, 3.8) is 0 Å². The van der Waals surface area contributed by atoms with Crippen LogP contribution in [0.15, 0.2) is 29.2 Å². The number of rotatable bonds is 7. The van der Waals surface area contributed by atoms with E-state index in [1.54, 1.807) is 18.2 Å². The van der Waals surface area contributed by atoms with E-state index in [2.05, 4.69) is 0 Å². The summed E-state index contributed by atoms with van der Waals surface area (Å²) in [5.74, 6) is -0.372. The summed E-state index contributed by atoms with van der Waals surface area (Å²) in [6.07, 6.45) is 0. The van der Waals surface area contributed by atoms with Crippen molar-refractivity contribution in [1.82, 2.24) is 4.90 Å². The number of benzene rings is 1. The highest BCUT2D eigenvalue weighted by Gasteiger charge is 2.08. The van der Waals surface area contributed by atoms with Gasteiger partial charge in [-0.2, -0.15) is 0 Å². The zero-order valence-electron chi connectivity index (χ0n) is 9.73. The SMILES string of the molecule is CCN(CCSc1ccccc1F)CC(=O)O. The van der Waals surface area contributed by atoms with Crippen molar-refractivity contribution in [3.05, 3.63) is 30.1 Å². The van der Waals surface area contributed by atoms with Crippen molar-refractivity contribution < 1.29 is 14.3 Å².